The fourth-order valence-corrected chi connectivity index (χ4v) is 3.02. The molecule has 0 bridgehead atoms. The average Bonchev–Trinajstić information content (AvgIpc) is 2.44. The molecule has 0 saturated carbocycles. The molecular formula is C14H18BrN3O2S. The Hall–Kier alpha value is -1.18. The summed E-state index contributed by atoms with van der Waals surface area (Å²) in [5, 5.41) is 12.8. The average molecular weight is 372 g/mol. The van der Waals surface area contributed by atoms with Gasteiger partial charge in [-0.3, -0.25) is 4.79 Å². The fraction of sp³-hybridized carbons (Fsp3) is 0.429. The first-order valence-corrected chi connectivity index (χ1v) is 7.84. The van der Waals surface area contributed by atoms with Crippen LogP contribution in [0.4, 0.5) is 0 Å². The van der Waals surface area contributed by atoms with Crippen LogP contribution in [0.5, 0.6) is 5.75 Å². The number of phenols is 1. The second kappa shape index (κ2) is 6.29. The summed E-state index contributed by atoms with van der Waals surface area (Å²) in [7, 11) is 2.02. The molecule has 4 N–H and O–H groups in total. The number of phenolic OH excluding ortho intramolecular Hbond substituents is 1. The molecule has 1 aliphatic heterocycles. The van der Waals surface area contributed by atoms with Crippen LogP contribution in [0.25, 0.3) is 0 Å². The number of nitrogens with zero attached hydrogens (tertiary/aromatic N) is 1. The monoisotopic (exact) mass is 371 g/mol. The number of thiocarbonyl (C=S) groups is 1. The largest absolute Gasteiger partial charge is 0.507 e. The molecule has 1 fully saturated rings. The van der Waals surface area contributed by atoms with Crippen LogP contribution in [0.2, 0.25) is 0 Å². The Morgan fingerprint density at radius 1 is 1.48 bits per heavy atom. The van der Waals surface area contributed by atoms with E-state index in [0.29, 0.717) is 17.8 Å². The van der Waals surface area contributed by atoms with E-state index in [-0.39, 0.29) is 17.2 Å². The third kappa shape index (κ3) is 3.53. The van der Waals surface area contributed by atoms with Crippen molar-refractivity contribution in [1.82, 2.24) is 10.2 Å². The molecule has 1 aromatic rings. The van der Waals surface area contributed by atoms with Gasteiger partial charge in [0, 0.05) is 17.6 Å². The van der Waals surface area contributed by atoms with Crippen molar-refractivity contribution in [3.8, 4) is 5.75 Å². The fourth-order valence-electron chi connectivity index (χ4n) is 2.41. The van der Waals surface area contributed by atoms with Crippen molar-refractivity contribution >= 4 is 39.0 Å². The van der Waals surface area contributed by atoms with Crippen LogP contribution >= 0.6 is 28.1 Å². The number of benzene rings is 1. The van der Waals surface area contributed by atoms with Crippen LogP contribution in [-0.2, 0) is 0 Å². The maximum Gasteiger partial charge on any atom is 0.255 e. The van der Waals surface area contributed by atoms with E-state index in [2.05, 4.69) is 26.1 Å². The van der Waals surface area contributed by atoms with E-state index in [1.54, 1.807) is 12.1 Å². The van der Waals surface area contributed by atoms with Crippen molar-refractivity contribution in [2.45, 2.75) is 18.4 Å². The highest BCUT2D eigenvalue weighted by atomic mass is 79.9. The first kappa shape index (κ1) is 16.2. The Morgan fingerprint density at radius 3 is 2.67 bits per heavy atom. The zero-order valence-corrected chi connectivity index (χ0v) is 14.1. The molecule has 1 aromatic carbocycles. The van der Waals surface area contributed by atoms with Gasteiger partial charge >= 0.3 is 0 Å². The van der Waals surface area contributed by atoms with E-state index in [0.717, 1.165) is 17.6 Å². The predicted octanol–water partition coefficient (Wildman–Crippen LogP) is 1.63. The van der Waals surface area contributed by atoms with Crippen molar-refractivity contribution in [3.05, 3.63) is 28.2 Å². The Morgan fingerprint density at radius 2 is 2.10 bits per heavy atom. The smallest absolute Gasteiger partial charge is 0.255 e. The molecule has 0 radical (unpaired) electrons. The molecule has 1 amide bonds. The van der Waals surface area contributed by atoms with Gasteiger partial charge < -0.3 is 21.1 Å². The summed E-state index contributed by atoms with van der Waals surface area (Å²) in [4.78, 5) is 14.9. The molecule has 2 rings (SSSR count). The Bertz CT molecular complexity index is 571. The standard InChI is InChI=1S/C14H18BrN3O2S/c1-18-6-4-14(5-7-18,13(16)21)17-12(20)10-8-9(15)2-3-11(10)19/h2-3,8,19H,4-7H2,1H3,(H2,16,21)(H,17,20). The number of aromatic hydroxyl groups is 1. The highest BCUT2D eigenvalue weighted by molar-refractivity contribution is 9.10. The molecule has 1 aliphatic rings. The van der Waals surface area contributed by atoms with Crippen LogP contribution in [0.3, 0.4) is 0 Å². The van der Waals surface area contributed by atoms with Crippen LogP contribution < -0.4 is 11.1 Å². The van der Waals surface area contributed by atoms with E-state index < -0.39 is 5.54 Å². The number of hydrogen-bond donors (Lipinski definition) is 3. The molecule has 5 nitrogen and oxygen atoms in total. The SMILES string of the molecule is CN1CCC(NC(=O)c2cc(Br)ccc2O)(C(N)=S)CC1. The lowest BCUT2D eigenvalue weighted by atomic mass is 9.87. The molecular weight excluding hydrogens is 354 g/mol. The van der Waals surface area contributed by atoms with Crippen molar-refractivity contribution in [3.63, 3.8) is 0 Å². The third-order valence-corrected chi connectivity index (χ3v) is 4.75. The number of carbonyl (C=O) groups is 1. The molecule has 0 spiro atoms. The third-order valence-electron chi connectivity index (χ3n) is 3.87. The van der Waals surface area contributed by atoms with Gasteiger partial charge in [-0.05, 0) is 38.1 Å². The van der Waals surface area contributed by atoms with E-state index in [1.165, 1.54) is 6.07 Å². The molecule has 1 saturated heterocycles. The lowest BCUT2D eigenvalue weighted by molar-refractivity contribution is 0.0887. The maximum absolute atomic E-state index is 12.5. The van der Waals surface area contributed by atoms with E-state index >= 15 is 0 Å². The van der Waals surface area contributed by atoms with Gasteiger partial charge in [-0.15, -0.1) is 0 Å². The number of nitrogens with one attached hydrogen (secondary N) is 1. The van der Waals surface area contributed by atoms with Gasteiger partial charge in [0.25, 0.3) is 5.91 Å². The zero-order chi connectivity index (χ0) is 15.6. The van der Waals surface area contributed by atoms with Gasteiger partial charge in [-0.25, -0.2) is 0 Å². The molecule has 1 heterocycles. The second-order valence-corrected chi connectivity index (χ2v) is 6.72. The lowest BCUT2D eigenvalue weighted by Crippen LogP contribution is -2.61. The number of hydrogen-bond acceptors (Lipinski definition) is 4. The Balaban J connectivity index is 2.23. The Kier molecular flexibility index (Phi) is 4.85. The minimum absolute atomic E-state index is 0.0679. The van der Waals surface area contributed by atoms with E-state index in [9.17, 15) is 9.90 Å². The minimum Gasteiger partial charge on any atom is -0.507 e. The van der Waals surface area contributed by atoms with Crippen LogP contribution in [0.15, 0.2) is 22.7 Å². The van der Waals surface area contributed by atoms with Gasteiger partial charge in [-0.1, -0.05) is 28.1 Å². The minimum atomic E-state index is -0.687. The van der Waals surface area contributed by atoms with Crippen molar-refractivity contribution in [2.24, 2.45) is 5.73 Å². The van der Waals surface area contributed by atoms with Gasteiger partial charge in [0.1, 0.15) is 5.75 Å². The second-order valence-electron chi connectivity index (χ2n) is 5.37. The molecule has 0 atom stereocenters. The summed E-state index contributed by atoms with van der Waals surface area (Å²) in [5.41, 5.74) is 5.39. The van der Waals surface area contributed by atoms with E-state index in [4.69, 9.17) is 18.0 Å². The molecule has 0 aliphatic carbocycles. The molecule has 0 aromatic heterocycles. The summed E-state index contributed by atoms with van der Waals surface area (Å²) in [6.07, 6.45) is 1.33. The topological polar surface area (TPSA) is 78.6 Å². The van der Waals surface area contributed by atoms with Gasteiger partial charge in [-0.2, -0.15) is 0 Å². The normalized spacial score (nSPS) is 18.2. The summed E-state index contributed by atoms with van der Waals surface area (Å²) in [6, 6.07) is 4.72. The van der Waals surface area contributed by atoms with Crippen LogP contribution in [-0.4, -0.2) is 46.6 Å². The number of halogens is 1. The van der Waals surface area contributed by atoms with Gasteiger partial charge in [0.2, 0.25) is 0 Å². The molecule has 0 unspecified atom stereocenters. The summed E-state index contributed by atoms with van der Waals surface area (Å²) < 4.78 is 0.721. The number of piperidine rings is 1. The predicted molar refractivity (Wildman–Crippen MR) is 89.5 cm³/mol. The lowest BCUT2D eigenvalue weighted by Gasteiger charge is -2.40. The van der Waals surface area contributed by atoms with Crippen molar-refractivity contribution in [2.75, 3.05) is 20.1 Å². The first-order valence-electron chi connectivity index (χ1n) is 6.63. The molecule has 7 heteroatoms. The van der Waals surface area contributed by atoms with E-state index in [1.807, 2.05) is 7.05 Å². The quantitative estimate of drug-likeness (QED) is 0.703. The summed E-state index contributed by atoms with van der Waals surface area (Å²) in [6.45, 7) is 1.62. The highest BCUT2D eigenvalue weighted by Crippen LogP contribution is 2.26. The van der Waals surface area contributed by atoms with Crippen molar-refractivity contribution in [1.29, 1.82) is 0 Å². The van der Waals surface area contributed by atoms with Crippen LogP contribution in [0, 0.1) is 0 Å². The summed E-state index contributed by atoms with van der Waals surface area (Å²) >= 11 is 8.46. The van der Waals surface area contributed by atoms with Crippen molar-refractivity contribution < 1.29 is 9.90 Å². The number of rotatable bonds is 3. The number of carbonyl (C=O) groups excluding carboxylic acids is 1. The first-order chi connectivity index (χ1) is 9.84. The highest BCUT2D eigenvalue weighted by Gasteiger charge is 2.38. The molecule has 21 heavy (non-hydrogen) atoms. The number of nitrogens with two attached hydrogens (primary N) is 1. The van der Waals surface area contributed by atoms with Gasteiger partial charge in [0.15, 0.2) is 0 Å². The maximum atomic E-state index is 12.5. The molecule has 114 valence electrons. The number of likely N-dealkylation sites (tertiary alicyclic amines) is 1. The van der Waals surface area contributed by atoms with Gasteiger partial charge in [0.05, 0.1) is 16.1 Å². The summed E-state index contributed by atoms with van der Waals surface area (Å²) in [5.74, 6) is -0.437. The zero-order valence-electron chi connectivity index (χ0n) is 11.7. The van der Waals surface area contributed by atoms with Crippen LogP contribution in [0.1, 0.15) is 23.2 Å². The number of amides is 1. The Labute approximate surface area is 137 Å².